The van der Waals surface area contributed by atoms with E-state index in [9.17, 15) is 19.2 Å². The predicted molar refractivity (Wildman–Crippen MR) is 104 cm³/mol. The number of nitrogens with zero attached hydrogens (tertiary/aromatic N) is 2. The van der Waals surface area contributed by atoms with Gasteiger partial charge in [-0.15, -0.1) is 0 Å². The maximum Gasteiger partial charge on any atom is 0.273 e. The minimum absolute atomic E-state index is 0.0112. The first-order valence-corrected chi connectivity index (χ1v) is 9.26. The third-order valence-corrected chi connectivity index (χ3v) is 5.07. The number of halogens is 2. The molecule has 0 saturated carbocycles. The van der Waals surface area contributed by atoms with Gasteiger partial charge in [0.25, 0.3) is 5.91 Å². The van der Waals surface area contributed by atoms with Crippen molar-refractivity contribution in [3.63, 3.8) is 0 Å². The van der Waals surface area contributed by atoms with Crippen LogP contribution in [0.25, 0.3) is 0 Å². The van der Waals surface area contributed by atoms with Crippen LogP contribution in [0.15, 0.2) is 42.5 Å². The van der Waals surface area contributed by atoms with Crippen LogP contribution in [0.5, 0.6) is 0 Å². The van der Waals surface area contributed by atoms with E-state index in [0.29, 0.717) is 5.56 Å². The number of carbonyl (C=O) groups is 4. The Balaban J connectivity index is 1.94. The van der Waals surface area contributed by atoms with Gasteiger partial charge in [-0.25, -0.2) is 5.01 Å². The molecule has 0 aliphatic carbocycles. The van der Waals surface area contributed by atoms with Crippen molar-refractivity contribution in [2.24, 2.45) is 0 Å². The van der Waals surface area contributed by atoms with Crippen LogP contribution in [0.1, 0.15) is 39.1 Å². The van der Waals surface area contributed by atoms with Gasteiger partial charge in [0.1, 0.15) is 6.54 Å². The van der Waals surface area contributed by atoms with Crippen LogP contribution >= 0.6 is 23.2 Å². The van der Waals surface area contributed by atoms with E-state index < -0.39 is 30.0 Å². The van der Waals surface area contributed by atoms with Crippen LogP contribution in [0.2, 0.25) is 10.0 Å². The number of rotatable bonds is 5. The van der Waals surface area contributed by atoms with Gasteiger partial charge >= 0.3 is 0 Å². The monoisotopic (exact) mass is 418 g/mol. The normalized spacial score (nSPS) is 13.8. The number of hydrazine groups is 1. The average molecular weight is 419 g/mol. The predicted octanol–water partition coefficient (Wildman–Crippen LogP) is 3.69. The number of ketones is 1. The molecule has 2 aromatic carbocycles. The second-order valence-electron chi connectivity index (χ2n) is 6.38. The maximum absolute atomic E-state index is 13.0. The lowest BCUT2D eigenvalue weighted by molar-refractivity contribution is -0.152. The summed E-state index contributed by atoms with van der Waals surface area (Å²) >= 11 is 11.9. The van der Waals surface area contributed by atoms with Crippen LogP contribution in [0.4, 0.5) is 0 Å². The highest BCUT2D eigenvalue weighted by molar-refractivity contribution is 6.42. The van der Waals surface area contributed by atoms with Crippen molar-refractivity contribution in [3.8, 4) is 0 Å². The number of aryl methyl sites for hydroxylation is 1. The van der Waals surface area contributed by atoms with Gasteiger partial charge in [-0.3, -0.25) is 19.2 Å². The molecule has 1 aliphatic heterocycles. The lowest BCUT2D eigenvalue weighted by Crippen LogP contribution is -2.51. The van der Waals surface area contributed by atoms with Crippen molar-refractivity contribution in [3.05, 3.63) is 69.2 Å². The number of Topliss-reactive ketones (excluding diaryl/α,β-unsaturated/α-hetero) is 1. The summed E-state index contributed by atoms with van der Waals surface area (Å²) in [6, 6.07) is 11.0. The van der Waals surface area contributed by atoms with Gasteiger partial charge in [0.05, 0.1) is 10.0 Å². The number of carbonyl (C=O) groups excluding carboxylic acids is 4. The molecule has 0 aromatic heterocycles. The van der Waals surface area contributed by atoms with Crippen LogP contribution in [-0.4, -0.2) is 40.1 Å². The van der Waals surface area contributed by atoms with E-state index >= 15 is 0 Å². The second-order valence-corrected chi connectivity index (χ2v) is 7.19. The van der Waals surface area contributed by atoms with E-state index in [1.165, 1.54) is 18.2 Å². The Labute approximate surface area is 171 Å². The third kappa shape index (κ3) is 4.08. The lowest BCUT2D eigenvalue weighted by atomic mass is 10.1. The minimum atomic E-state index is -0.692. The molecule has 1 aliphatic rings. The van der Waals surface area contributed by atoms with Gasteiger partial charge in [-0.1, -0.05) is 53.0 Å². The van der Waals surface area contributed by atoms with Gasteiger partial charge < -0.3 is 0 Å². The number of amides is 3. The zero-order valence-electron chi connectivity index (χ0n) is 14.9. The second kappa shape index (κ2) is 8.12. The molecule has 0 unspecified atom stereocenters. The van der Waals surface area contributed by atoms with Crippen LogP contribution in [0, 0.1) is 6.92 Å². The highest BCUT2D eigenvalue weighted by atomic mass is 35.5. The molecule has 6 nitrogen and oxygen atoms in total. The Morgan fingerprint density at radius 1 is 0.929 bits per heavy atom. The van der Waals surface area contributed by atoms with Gasteiger partial charge in [0.2, 0.25) is 11.8 Å². The summed E-state index contributed by atoms with van der Waals surface area (Å²) < 4.78 is 0. The Morgan fingerprint density at radius 3 is 2.07 bits per heavy atom. The van der Waals surface area contributed by atoms with Crippen LogP contribution in [0.3, 0.4) is 0 Å². The van der Waals surface area contributed by atoms with E-state index in [1.807, 2.05) is 6.92 Å². The maximum atomic E-state index is 13.0. The number of imide groups is 1. The molecule has 2 aromatic rings. The van der Waals surface area contributed by atoms with Crippen molar-refractivity contribution in [1.82, 2.24) is 10.0 Å². The molecule has 0 radical (unpaired) electrons. The van der Waals surface area contributed by atoms with Crippen LogP contribution in [-0.2, 0) is 9.59 Å². The average Bonchev–Trinajstić information content (AvgIpc) is 3.00. The fourth-order valence-electron chi connectivity index (χ4n) is 2.81. The van der Waals surface area contributed by atoms with Crippen molar-refractivity contribution >= 4 is 46.7 Å². The number of hydrogen-bond acceptors (Lipinski definition) is 4. The van der Waals surface area contributed by atoms with Gasteiger partial charge in [-0.05, 0) is 25.1 Å². The smallest absolute Gasteiger partial charge is 0.273 e. The van der Waals surface area contributed by atoms with E-state index in [-0.39, 0.29) is 28.5 Å². The van der Waals surface area contributed by atoms with Crippen molar-refractivity contribution in [2.45, 2.75) is 19.8 Å². The first kappa shape index (κ1) is 20.0. The molecular formula is C20H16Cl2N2O4. The molecule has 28 heavy (non-hydrogen) atoms. The zero-order valence-corrected chi connectivity index (χ0v) is 16.5. The Hall–Kier alpha value is -2.70. The first-order valence-electron chi connectivity index (χ1n) is 8.50. The fraction of sp³-hybridized carbons (Fsp3) is 0.200. The molecule has 0 N–H and O–H groups in total. The molecule has 0 bridgehead atoms. The standard InChI is InChI=1S/C20H16Cl2N2O4/c1-12-2-4-13(5-3-12)17(25)11-23(24-18(26)8-9-19(24)27)20(28)14-6-7-15(21)16(22)10-14/h2-7,10H,8-9,11H2,1H3. The Kier molecular flexibility index (Phi) is 5.82. The summed E-state index contributed by atoms with van der Waals surface area (Å²) in [7, 11) is 0. The minimum Gasteiger partial charge on any atom is -0.292 e. The quantitative estimate of drug-likeness (QED) is 0.547. The van der Waals surface area contributed by atoms with Gasteiger partial charge in [-0.2, -0.15) is 5.01 Å². The van der Waals surface area contributed by atoms with E-state index in [4.69, 9.17) is 23.2 Å². The topological polar surface area (TPSA) is 74.8 Å². The molecule has 1 saturated heterocycles. The number of hydrogen-bond donors (Lipinski definition) is 0. The summed E-state index contributed by atoms with van der Waals surface area (Å²) in [5.41, 5.74) is 1.46. The molecule has 3 amide bonds. The summed E-state index contributed by atoms with van der Waals surface area (Å²) in [5.74, 6) is -2.16. The zero-order chi connectivity index (χ0) is 20.4. The summed E-state index contributed by atoms with van der Waals surface area (Å²) in [6.07, 6.45) is -0.0224. The molecule has 0 atom stereocenters. The summed E-state index contributed by atoms with van der Waals surface area (Å²) in [5, 5.41) is 2.03. The summed E-state index contributed by atoms with van der Waals surface area (Å²) in [6.45, 7) is 1.43. The molecule has 1 heterocycles. The highest BCUT2D eigenvalue weighted by Crippen LogP contribution is 2.25. The molecule has 1 fully saturated rings. The van der Waals surface area contributed by atoms with Crippen molar-refractivity contribution in [2.75, 3.05) is 6.54 Å². The SMILES string of the molecule is Cc1ccc(C(=O)CN(C(=O)c2ccc(Cl)c(Cl)c2)N2C(=O)CCC2=O)cc1. The fourth-order valence-corrected chi connectivity index (χ4v) is 3.11. The summed E-state index contributed by atoms with van der Waals surface area (Å²) in [4.78, 5) is 50.1. The molecular weight excluding hydrogens is 403 g/mol. The van der Waals surface area contributed by atoms with Gasteiger partial charge in [0.15, 0.2) is 5.78 Å². The van der Waals surface area contributed by atoms with Crippen molar-refractivity contribution in [1.29, 1.82) is 0 Å². The molecule has 0 spiro atoms. The van der Waals surface area contributed by atoms with Crippen LogP contribution < -0.4 is 0 Å². The third-order valence-electron chi connectivity index (χ3n) is 4.33. The first-order chi connectivity index (χ1) is 13.3. The highest BCUT2D eigenvalue weighted by Gasteiger charge is 2.38. The Bertz CT molecular complexity index is 957. The molecule has 144 valence electrons. The molecule has 8 heteroatoms. The van der Waals surface area contributed by atoms with E-state index in [1.54, 1.807) is 24.3 Å². The lowest BCUT2D eigenvalue weighted by Gasteiger charge is -2.29. The van der Waals surface area contributed by atoms with Crippen molar-refractivity contribution < 1.29 is 19.2 Å². The molecule has 3 rings (SSSR count). The van der Waals surface area contributed by atoms with E-state index in [2.05, 4.69) is 0 Å². The largest absolute Gasteiger partial charge is 0.292 e. The number of benzene rings is 2. The van der Waals surface area contributed by atoms with Gasteiger partial charge in [0, 0.05) is 24.0 Å². The van der Waals surface area contributed by atoms with E-state index in [0.717, 1.165) is 15.6 Å². The Morgan fingerprint density at radius 2 is 1.50 bits per heavy atom.